The van der Waals surface area contributed by atoms with Crippen LogP contribution < -0.4 is 20.6 Å². The second-order valence-electron chi connectivity index (χ2n) is 7.33. The van der Waals surface area contributed by atoms with Gasteiger partial charge < -0.3 is 24.5 Å². The zero-order chi connectivity index (χ0) is 17.1. The molecule has 1 saturated heterocycles. The van der Waals surface area contributed by atoms with E-state index in [-0.39, 0.29) is 17.9 Å². The van der Waals surface area contributed by atoms with E-state index in [0.29, 0.717) is 5.57 Å². The average Bonchev–Trinajstić information content (AvgIpc) is 3.00. The van der Waals surface area contributed by atoms with E-state index >= 15 is 0 Å². The number of carbonyl (C=O) groups excluding carboxylic acids is 1. The number of carboxylic acids is 1. The van der Waals surface area contributed by atoms with Crippen molar-refractivity contribution >= 4 is 28.6 Å². The van der Waals surface area contributed by atoms with Gasteiger partial charge in [-0.1, -0.05) is 18.2 Å². The first-order valence-electron chi connectivity index (χ1n) is 8.85. The van der Waals surface area contributed by atoms with Crippen LogP contribution in [0.1, 0.15) is 13.3 Å². The van der Waals surface area contributed by atoms with Crippen molar-refractivity contribution in [1.82, 2.24) is 4.98 Å². The minimum Gasteiger partial charge on any atom is -0.545 e. The Hall–Kier alpha value is -2.53. The van der Waals surface area contributed by atoms with E-state index in [9.17, 15) is 9.90 Å². The lowest BCUT2D eigenvalue weighted by atomic mass is 9.75. The summed E-state index contributed by atoms with van der Waals surface area (Å²) in [6.07, 6.45) is 4.48. The van der Waals surface area contributed by atoms with Gasteiger partial charge in [-0.15, -0.1) is 0 Å². The van der Waals surface area contributed by atoms with Gasteiger partial charge in [0.1, 0.15) is 23.7 Å². The summed E-state index contributed by atoms with van der Waals surface area (Å²) in [6.45, 7) is 3.86. The molecular formula is C20H20N2O3. The van der Waals surface area contributed by atoms with Gasteiger partial charge in [0.2, 0.25) is 0 Å². The van der Waals surface area contributed by atoms with Gasteiger partial charge in [0.05, 0.1) is 24.7 Å². The number of piperidine rings is 1. The first-order chi connectivity index (χ1) is 12.1. The van der Waals surface area contributed by atoms with Crippen LogP contribution in [0.4, 0.5) is 0 Å². The van der Waals surface area contributed by atoms with Gasteiger partial charge in [-0.3, -0.25) is 0 Å². The summed E-state index contributed by atoms with van der Waals surface area (Å²) in [5.74, 6) is -0.939. The molecule has 1 aromatic carbocycles. The lowest BCUT2D eigenvalue weighted by Gasteiger charge is -2.43. The van der Waals surface area contributed by atoms with Gasteiger partial charge in [0, 0.05) is 34.0 Å². The number of benzene rings is 1. The Labute approximate surface area is 144 Å². The number of carbonyl (C=O) groups is 1. The zero-order valence-electron chi connectivity index (χ0n) is 14.0. The summed E-state index contributed by atoms with van der Waals surface area (Å²) < 4.78 is 5.59. The molecular weight excluding hydrogens is 316 g/mol. The number of aliphatic carboxylic acids is 1. The Morgan fingerprint density at radius 2 is 2.20 bits per heavy atom. The van der Waals surface area contributed by atoms with Crippen molar-refractivity contribution in [3.05, 3.63) is 46.7 Å². The number of rotatable bonds is 1. The summed E-state index contributed by atoms with van der Waals surface area (Å²) >= 11 is 0. The Morgan fingerprint density at radius 3 is 3.04 bits per heavy atom. The van der Waals surface area contributed by atoms with E-state index in [1.165, 1.54) is 27.5 Å². The van der Waals surface area contributed by atoms with Crippen molar-refractivity contribution < 1.29 is 19.5 Å². The van der Waals surface area contributed by atoms with Gasteiger partial charge >= 0.3 is 0 Å². The van der Waals surface area contributed by atoms with E-state index in [2.05, 4.69) is 29.3 Å². The SMILES string of the molecule is CC1OC=C(C(=O)[O-])C2CC3=c4[nH]c5ccccc5c4=CC[NH+]3CC12. The van der Waals surface area contributed by atoms with Crippen molar-refractivity contribution in [2.75, 3.05) is 13.1 Å². The molecule has 2 aromatic rings. The third-order valence-corrected chi connectivity index (χ3v) is 6.10. The van der Waals surface area contributed by atoms with Gasteiger partial charge in [0.25, 0.3) is 0 Å². The van der Waals surface area contributed by atoms with Crippen LogP contribution in [0.15, 0.2) is 36.1 Å². The first kappa shape index (κ1) is 14.8. The van der Waals surface area contributed by atoms with Crippen LogP contribution in [0.25, 0.3) is 22.7 Å². The standard InChI is InChI=1S/C20H20N2O3/c1-11-15-9-22-7-6-13-12-4-2-3-5-17(12)21-19(13)18(22)8-14(15)16(10-25-11)20(23)24/h2-6,10-11,14-15,21H,7-9H2,1H3,(H,23,24). The van der Waals surface area contributed by atoms with Crippen molar-refractivity contribution in [3.8, 4) is 0 Å². The second kappa shape index (κ2) is 5.23. The number of aromatic amines is 1. The highest BCUT2D eigenvalue weighted by Crippen LogP contribution is 2.35. The minimum atomic E-state index is -1.11. The Kier molecular flexibility index (Phi) is 3.09. The van der Waals surface area contributed by atoms with Gasteiger partial charge in [-0.05, 0) is 19.1 Å². The summed E-state index contributed by atoms with van der Waals surface area (Å²) in [4.78, 5) is 16.5. The molecule has 5 rings (SSSR count). The van der Waals surface area contributed by atoms with Crippen LogP contribution in [0.3, 0.4) is 0 Å². The number of aromatic nitrogens is 1. The number of hydrogen-bond donors (Lipinski definition) is 2. The highest BCUT2D eigenvalue weighted by molar-refractivity contribution is 5.86. The lowest BCUT2D eigenvalue weighted by Crippen LogP contribution is -3.13. The molecule has 1 aromatic heterocycles. The molecule has 2 N–H and O–H groups in total. The number of para-hydroxylation sites is 1. The minimum absolute atomic E-state index is 0.0336. The summed E-state index contributed by atoms with van der Waals surface area (Å²) in [6, 6.07) is 8.33. The number of hydrogen-bond acceptors (Lipinski definition) is 3. The number of fused-ring (bicyclic) bond motifs is 5. The van der Waals surface area contributed by atoms with Crippen LogP contribution in [0, 0.1) is 11.8 Å². The number of carboxylic acid groups (broad SMARTS) is 1. The smallest absolute Gasteiger partial charge is 0.132 e. The molecule has 0 spiro atoms. The van der Waals surface area contributed by atoms with Gasteiger partial charge in [-0.2, -0.15) is 0 Å². The number of nitrogens with one attached hydrogen (secondary N) is 2. The molecule has 25 heavy (non-hydrogen) atoms. The molecule has 3 aliphatic rings. The van der Waals surface area contributed by atoms with Crippen LogP contribution in [0.2, 0.25) is 0 Å². The third kappa shape index (κ3) is 2.09. The average molecular weight is 336 g/mol. The molecule has 4 heterocycles. The Balaban J connectivity index is 1.69. The van der Waals surface area contributed by atoms with Crippen molar-refractivity contribution in [2.45, 2.75) is 19.4 Å². The van der Waals surface area contributed by atoms with E-state index in [1.807, 2.05) is 13.0 Å². The van der Waals surface area contributed by atoms with Gasteiger partial charge in [-0.25, -0.2) is 0 Å². The zero-order valence-corrected chi connectivity index (χ0v) is 14.0. The molecule has 1 fully saturated rings. The molecule has 4 unspecified atom stereocenters. The third-order valence-electron chi connectivity index (χ3n) is 6.10. The predicted octanol–water partition coefficient (Wildman–Crippen LogP) is -1.36. The summed E-state index contributed by atoms with van der Waals surface area (Å²) in [5, 5.41) is 15.2. The molecule has 5 nitrogen and oxygen atoms in total. The predicted molar refractivity (Wildman–Crippen MR) is 91.4 cm³/mol. The van der Waals surface area contributed by atoms with E-state index < -0.39 is 5.97 Å². The Morgan fingerprint density at radius 1 is 1.36 bits per heavy atom. The van der Waals surface area contributed by atoms with E-state index in [1.54, 1.807) is 0 Å². The topological polar surface area (TPSA) is 69.6 Å². The summed E-state index contributed by atoms with van der Waals surface area (Å²) in [7, 11) is 0. The highest BCUT2D eigenvalue weighted by atomic mass is 16.5. The van der Waals surface area contributed by atoms with Crippen molar-refractivity contribution in [3.63, 3.8) is 0 Å². The normalized spacial score (nSPS) is 30.4. The van der Waals surface area contributed by atoms with Crippen LogP contribution in [-0.4, -0.2) is 30.1 Å². The monoisotopic (exact) mass is 336 g/mol. The summed E-state index contributed by atoms with van der Waals surface area (Å²) in [5.41, 5.74) is 2.73. The van der Waals surface area contributed by atoms with Crippen LogP contribution in [-0.2, 0) is 9.53 Å². The maximum Gasteiger partial charge on any atom is 0.132 e. The lowest BCUT2D eigenvalue weighted by molar-refractivity contribution is -0.830. The van der Waals surface area contributed by atoms with Gasteiger partial charge in [0.15, 0.2) is 0 Å². The molecule has 4 atom stereocenters. The number of quaternary nitrogens is 1. The number of ether oxygens (including phenoxy) is 1. The second-order valence-corrected chi connectivity index (χ2v) is 7.33. The molecule has 0 amide bonds. The quantitative estimate of drug-likeness (QED) is 0.676. The fourth-order valence-electron chi connectivity index (χ4n) is 4.79. The van der Waals surface area contributed by atoms with Crippen LogP contribution in [0.5, 0.6) is 0 Å². The maximum atomic E-state index is 11.6. The molecule has 5 heteroatoms. The molecule has 0 saturated carbocycles. The van der Waals surface area contributed by atoms with Crippen molar-refractivity contribution in [2.24, 2.45) is 11.8 Å². The van der Waals surface area contributed by atoms with E-state index in [4.69, 9.17) is 4.74 Å². The van der Waals surface area contributed by atoms with E-state index in [0.717, 1.165) is 30.4 Å². The number of H-pyrrole nitrogens is 1. The van der Waals surface area contributed by atoms with Crippen molar-refractivity contribution in [1.29, 1.82) is 0 Å². The highest BCUT2D eigenvalue weighted by Gasteiger charge is 2.44. The molecule has 0 radical (unpaired) electrons. The maximum absolute atomic E-state index is 11.6. The Bertz CT molecular complexity index is 1030. The molecule has 128 valence electrons. The molecule has 3 aliphatic heterocycles. The fourth-order valence-corrected chi connectivity index (χ4v) is 4.79. The van der Waals surface area contributed by atoms with Crippen LogP contribution >= 0.6 is 0 Å². The first-order valence-corrected chi connectivity index (χ1v) is 8.85. The molecule has 0 bridgehead atoms. The molecule has 0 aliphatic carbocycles. The largest absolute Gasteiger partial charge is 0.545 e. The fraction of sp³-hybridized carbons (Fsp3) is 0.350.